The Hall–Kier alpha value is -1.65. The van der Waals surface area contributed by atoms with Crippen molar-refractivity contribution in [3.05, 3.63) is 46.2 Å². The number of hydrogen-bond acceptors (Lipinski definition) is 3. The number of hydrogen-bond donors (Lipinski definition) is 2. The maximum atomic E-state index is 11.4. The van der Waals surface area contributed by atoms with E-state index in [9.17, 15) is 9.59 Å². The first kappa shape index (κ1) is 11.8. The Labute approximate surface area is 102 Å². The number of nitrogens with two attached hydrogens (primary N) is 1. The zero-order valence-electron chi connectivity index (χ0n) is 8.94. The second-order valence-corrected chi connectivity index (χ2v) is 4.19. The minimum absolute atomic E-state index is 0.215. The van der Waals surface area contributed by atoms with Gasteiger partial charge in [-0.1, -0.05) is 18.2 Å². The topological polar surface area (TPSA) is 76.0 Å². The van der Waals surface area contributed by atoms with Crippen LogP contribution in [0, 0.1) is 0 Å². The van der Waals surface area contributed by atoms with Gasteiger partial charge in [0, 0.05) is 17.0 Å². The van der Waals surface area contributed by atoms with E-state index in [1.165, 1.54) is 6.07 Å². The summed E-state index contributed by atoms with van der Waals surface area (Å²) in [6, 6.07) is 8.01. The lowest BCUT2D eigenvalue weighted by atomic mass is 10.0. The van der Waals surface area contributed by atoms with E-state index in [0.717, 1.165) is 16.5 Å². The average Bonchev–Trinajstić information content (AvgIpc) is 2.28. The van der Waals surface area contributed by atoms with Crippen LogP contribution in [-0.4, -0.2) is 16.3 Å². The second-order valence-electron chi connectivity index (χ2n) is 3.82. The summed E-state index contributed by atoms with van der Waals surface area (Å²) in [5.74, 6) is 0. The van der Waals surface area contributed by atoms with Crippen LogP contribution in [0.1, 0.15) is 5.56 Å². The van der Waals surface area contributed by atoms with Crippen LogP contribution in [0.3, 0.4) is 0 Å². The fourth-order valence-electron chi connectivity index (χ4n) is 1.76. The number of para-hydroxylation sites is 1. The monoisotopic (exact) mass is 250 g/mol. The van der Waals surface area contributed by atoms with Gasteiger partial charge in [-0.2, -0.15) is 0 Å². The lowest BCUT2D eigenvalue weighted by Gasteiger charge is -2.09. The van der Waals surface area contributed by atoms with Crippen LogP contribution < -0.4 is 11.3 Å². The Bertz CT molecular complexity index is 621. The number of halogens is 1. The minimum atomic E-state index is -0.790. The van der Waals surface area contributed by atoms with E-state index in [1.54, 1.807) is 6.07 Å². The van der Waals surface area contributed by atoms with Gasteiger partial charge in [0.1, 0.15) is 0 Å². The highest BCUT2D eigenvalue weighted by atomic mass is 35.5. The van der Waals surface area contributed by atoms with Crippen molar-refractivity contribution in [3.8, 4) is 0 Å². The van der Waals surface area contributed by atoms with Gasteiger partial charge in [-0.05, 0) is 29.7 Å². The summed E-state index contributed by atoms with van der Waals surface area (Å²) in [5.41, 5.74) is 6.83. The van der Waals surface area contributed by atoms with Crippen molar-refractivity contribution in [1.29, 1.82) is 0 Å². The molecule has 0 aliphatic rings. The Kier molecular flexibility index (Phi) is 3.26. The molecule has 0 aliphatic heterocycles. The highest BCUT2D eigenvalue weighted by Gasteiger charge is 2.13. The lowest BCUT2D eigenvalue weighted by molar-refractivity contribution is -0.112. The molecule has 1 atom stereocenters. The molecule has 3 N–H and O–H groups in total. The van der Waals surface area contributed by atoms with E-state index in [1.807, 2.05) is 18.2 Å². The number of rotatable bonds is 3. The molecule has 2 rings (SSSR count). The summed E-state index contributed by atoms with van der Waals surface area (Å²) < 4.78 is 0. The molecule has 5 heteroatoms. The molecule has 0 saturated heterocycles. The molecular weight excluding hydrogens is 240 g/mol. The van der Waals surface area contributed by atoms with Gasteiger partial charge < -0.3 is 10.7 Å². The van der Waals surface area contributed by atoms with E-state index in [0.29, 0.717) is 0 Å². The zero-order valence-corrected chi connectivity index (χ0v) is 9.70. The van der Waals surface area contributed by atoms with Crippen LogP contribution in [0.15, 0.2) is 35.1 Å². The van der Waals surface area contributed by atoms with Gasteiger partial charge in [0.25, 0.3) is 0 Å². The van der Waals surface area contributed by atoms with E-state index < -0.39 is 11.3 Å². The largest absolute Gasteiger partial charge is 0.322 e. The standard InChI is InChI=1S/C12H11ClN2O2/c13-12(17)9(14)5-7-6-11(16)15-10-4-2-1-3-8(7)10/h1-4,6,9H,5,14H2,(H,15,16)/t9-/m0/s1. The number of carbonyl (C=O) groups is 1. The molecule has 0 aliphatic carbocycles. The SMILES string of the molecule is N[C@@H](Cc1cc(=O)[nH]c2ccccc12)C(=O)Cl. The highest BCUT2D eigenvalue weighted by Crippen LogP contribution is 2.16. The molecule has 0 radical (unpaired) electrons. The first-order valence-electron chi connectivity index (χ1n) is 5.14. The fraction of sp³-hybridized carbons (Fsp3) is 0.167. The van der Waals surface area contributed by atoms with Crippen LogP contribution in [0.5, 0.6) is 0 Å². The summed E-state index contributed by atoms with van der Waals surface area (Å²) in [4.78, 5) is 25.1. The molecule has 0 unspecified atom stereocenters. The van der Waals surface area contributed by atoms with Gasteiger partial charge in [0.05, 0.1) is 6.04 Å². The van der Waals surface area contributed by atoms with Gasteiger partial charge in [0.15, 0.2) is 0 Å². The number of pyridine rings is 1. The molecule has 2 aromatic rings. The Morgan fingerprint density at radius 1 is 1.41 bits per heavy atom. The number of nitrogens with one attached hydrogen (secondary N) is 1. The quantitative estimate of drug-likeness (QED) is 0.803. The first-order chi connectivity index (χ1) is 8.08. The molecular formula is C12H11ClN2O2. The van der Waals surface area contributed by atoms with Crippen molar-refractivity contribution in [2.24, 2.45) is 5.73 Å². The molecule has 0 amide bonds. The van der Waals surface area contributed by atoms with Crippen LogP contribution >= 0.6 is 11.6 Å². The summed E-state index contributed by atoms with van der Waals surface area (Å²) in [6.07, 6.45) is 0.257. The summed E-state index contributed by atoms with van der Waals surface area (Å²) in [5, 5.41) is 0.273. The highest BCUT2D eigenvalue weighted by molar-refractivity contribution is 6.64. The number of aromatic amines is 1. The van der Waals surface area contributed by atoms with E-state index >= 15 is 0 Å². The van der Waals surface area contributed by atoms with Gasteiger partial charge in [0.2, 0.25) is 10.8 Å². The Morgan fingerprint density at radius 2 is 2.12 bits per heavy atom. The number of benzene rings is 1. The molecule has 88 valence electrons. The molecule has 1 aromatic carbocycles. The van der Waals surface area contributed by atoms with E-state index in [-0.39, 0.29) is 12.0 Å². The number of aromatic nitrogens is 1. The maximum Gasteiger partial charge on any atom is 0.248 e. The molecule has 1 aromatic heterocycles. The first-order valence-corrected chi connectivity index (χ1v) is 5.51. The lowest BCUT2D eigenvalue weighted by Crippen LogP contribution is -2.29. The van der Waals surface area contributed by atoms with Crippen molar-refractivity contribution >= 4 is 27.7 Å². The normalized spacial score (nSPS) is 12.6. The molecule has 1 heterocycles. The van der Waals surface area contributed by atoms with Crippen molar-refractivity contribution < 1.29 is 4.79 Å². The van der Waals surface area contributed by atoms with Crippen LogP contribution in [0.2, 0.25) is 0 Å². The summed E-state index contributed by atoms with van der Waals surface area (Å²) >= 11 is 5.32. The zero-order chi connectivity index (χ0) is 12.4. The van der Waals surface area contributed by atoms with Crippen molar-refractivity contribution in [2.75, 3.05) is 0 Å². The molecule has 17 heavy (non-hydrogen) atoms. The third-order valence-electron chi connectivity index (χ3n) is 2.57. The Balaban J connectivity index is 2.52. The van der Waals surface area contributed by atoms with Crippen molar-refractivity contribution in [2.45, 2.75) is 12.5 Å². The molecule has 0 fully saturated rings. The fourth-order valence-corrected chi connectivity index (χ4v) is 1.84. The van der Waals surface area contributed by atoms with E-state index in [2.05, 4.69) is 4.98 Å². The maximum absolute atomic E-state index is 11.4. The molecule has 0 spiro atoms. The number of fused-ring (bicyclic) bond motifs is 1. The molecule has 0 saturated carbocycles. The third-order valence-corrected chi connectivity index (χ3v) is 2.85. The third kappa shape index (κ3) is 2.54. The summed E-state index contributed by atoms with van der Waals surface area (Å²) in [6.45, 7) is 0. The van der Waals surface area contributed by atoms with Crippen LogP contribution in [0.25, 0.3) is 10.9 Å². The van der Waals surface area contributed by atoms with Gasteiger partial charge >= 0.3 is 0 Å². The smallest absolute Gasteiger partial charge is 0.248 e. The number of carbonyl (C=O) groups excluding carboxylic acids is 1. The number of H-pyrrole nitrogens is 1. The second kappa shape index (κ2) is 4.69. The van der Waals surface area contributed by atoms with Crippen LogP contribution in [0.4, 0.5) is 0 Å². The molecule has 4 nitrogen and oxygen atoms in total. The Morgan fingerprint density at radius 3 is 2.82 bits per heavy atom. The van der Waals surface area contributed by atoms with E-state index in [4.69, 9.17) is 17.3 Å². The predicted octanol–water partition coefficient (Wildman–Crippen LogP) is 1.16. The van der Waals surface area contributed by atoms with Gasteiger partial charge in [-0.25, -0.2) is 0 Å². The van der Waals surface area contributed by atoms with Gasteiger partial charge in [-0.3, -0.25) is 9.59 Å². The van der Waals surface area contributed by atoms with Crippen molar-refractivity contribution in [1.82, 2.24) is 4.98 Å². The van der Waals surface area contributed by atoms with Crippen LogP contribution in [-0.2, 0) is 11.2 Å². The average molecular weight is 251 g/mol. The van der Waals surface area contributed by atoms with Crippen molar-refractivity contribution in [3.63, 3.8) is 0 Å². The molecule has 0 bridgehead atoms. The van der Waals surface area contributed by atoms with Gasteiger partial charge in [-0.15, -0.1) is 0 Å². The summed E-state index contributed by atoms with van der Waals surface area (Å²) in [7, 11) is 0. The minimum Gasteiger partial charge on any atom is -0.322 e. The predicted molar refractivity (Wildman–Crippen MR) is 67.1 cm³/mol.